The fraction of sp³-hybridized carbons (Fsp3) is 0.733. The molecule has 0 aliphatic heterocycles. The van der Waals surface area contributed by atoms with Gasteiger partial charge in [0.05, 0.1) is 0 Å². The Labute approximate surface area is 120 Å². The van der Waals surface area contributed by atoms with Crippen molar-refractivity contribution in [3.8, 4) is 0 Å². The van der Waals surface area contributed by atoms with Crippen LogP contribution in [0.4, 0.5) is 5.82 Å². The number of rotatable bonds is 4. The molecule has 19 heavy (non-hydrogen) atoms. The molecule has 0 bridgehead atoms. The Kier molecular flexibility index (Phi) is 5.08. The third-order valence-corrected chi connectivity index (χ3v) is 5.21. The molecular formula is C15H25N3S. The molecule has 0 spiro atoms. The van der Waals surface area contributed by atoms with Crippen molar-refractivity contribution in [2.24, 2.45) is 5.92 Å². The first kappa shape index (κ1) is 14.6. The Balaban J connectivity index is 2.14. The van der Waals surface area contributed by atoms with E-state index in [1.807, 2.05) is 18.7 Å². The molecule has 1 fully saturated rings. The van der Waals surface area contributed by atoms with E-state index in [1.165, 1.54) is 25.7 Å². The Hall–Kier alpha value is -0.770. The summed E-state index contributed by atoms with van der Waals surface area (Å²) in [6.45, 7) is 6.55. The molecule has 0 aromatic carbocycles. The SMILES string of the molecule is CCCc1nc(N)c(C)c(SC2CCCC(C)C2)n1. The predicted molar refractivity (Wildman–Crippen MR) is 82.5 cm³/mol. The van der Waals surface area contributed by atoms with E-state index in [9.17, 15) is 0 Å². The van der Waals surface area contributed by atoms with E-state index >= 15 is 0 Å². The highest BCUT2D eigenvalue weighted by molar-refractivity contribution is 7.99. The van der Waals surface area contributed by atoms with Gasteiger partial charge in [0, 0.05) is 17.2 Å². The standard InChI is InChI=1S/C15H25N3S/c1-4-6-13-17-14(16)11(3)15(18-13)19-12-8-5-7-10(2)9-12/h10,12H,4-9H2,1-3H3,(H2,16,17,18). The lowest BCUT2D eigenvalue weighted by Crippen LogP contribution is -2.16. The lowest BCUT2D eigenvalue weighted by molar-refractivity contribution is 0.394. The van der Waals surface area contributed by atoms with Crippen molar-refractivity contribution in [2.45, 2.75) is 69.6 Å². The predicted octanol–water partition coefficient (Wildman–Crippen LogP) is 3.99. The molecule has 106 valence electrons. The van der Waals surface area contributed by atoms with Crippen molar-refractivity contribution in [1.82, 2.24) is 9.97 Å². The quantitative estimate of drug-likeness (QED) is 0.847. The molecule has 2 atom stereocenters. The van der Waals surface area contributed by atoms with Gasteiger partial charge in [-0.15, -0.1) is 11.8 Å². The van der Waals surface area contributed by atoms with Crippen LogP contribution >= 0.6 is 11.8 Å². The Morgan fingerprint density at radius 1 is 1.32 bits per heavy atom. The minimum atomic E-state index is 0.657. The van der Waals surface area contributed by atoms with E-state index in [0.29, 0.717) is 11.1 Å². The van der Waals surface area contributed by atoms with Crippen LogP contribution in [0.25, 0.3) is 0 Å². The first-order chi connectivity index (χ1) is 9.10. The number of nitrogens with zero attached hydrogens (tertiary/aromatic N) is 2. The zero-order chi connectivity index (χ0) is 13.8. The molecule has 1 aliphatic carbocycles. The van der Waals surface area contributed by atoms with Gasteiger partial charge in [-0.3, -0.25) is 0 Å². The van der Waals surface area contributed by atoms with Crippen molar-refractivity contribution in [2.75, 3.05) is 5.73 Å². The average molecular weight is 279 g/mol. The molecule has 2 unspecified atom stereocenters. The molecule has 1 aliphatic rings. The third-order valence-electron chi connectivity index (χ3n) is 3.83. The van der Waals surface area contributed by atoms with Crippen molar-refractivity contribution in [1.29, 1.82) is 0 Å². The second kappa shape index (κ2) is 6.60. The minimum Gasteiger partial charge on any atom is -0.383 e. The number of anilines is 1. The zero-order valence-electron chi connectivity index (χ0n) is 12.3. The van der Waals surface area contributed by atoms with Gasteiger partial charge in [-0.25, -0.2) is 9.97 Å². The second-order valence-electron chi connectivity index (χ2n) is 5.72. The van der Waals surface area contributed by atoms with Gasteiger partial charge in [0.2, 0.25) is 0 Å². The van der Waals surface area contributed by atoms with Crippen LogP contribution in [0.1, 0.15) is 57.3 Å². The maximum atomic E-state index is 6.02. The van der Waals surface area contributed by atoms with Gasteiger partial charge in [-0.1, -0.05) is 26.7 Å². The summed E-state index contributed by atoms with van der Waals surface area (Å²) < 4.78 is 0. The van der Waals surface area contributed by atoms with Gasteiger partial charge >= 0.3 is 0 Å². The summed E-state index contributed by atoms with van der Waals surface area (Å²) in [4.78, 5) is 9.10. The molecule has 1 aromatic heterocycles. The van der Waals surface area contributed by atoms with Crippen LogP contribution in [0.15, 0.2) is 5.03 Å². The van der Waals surface area contributed by atoms with Gasteiger partial charge < -0.3 is 5.73 Å². The van der Waals surface area contributed by atoms with Crippen LogP contribution in [0.2, 0.25) is 0 Å². The molecule has 4 heteroatoms. The van der Waals surface area contributed by atoms with Crippen molar-refractivity contribution < 1.29 is 0 Å². The third kappa shape index (κ3) is 3.85. The molecular weight excluding hydrogens is 254 g/mol. The topological polar surface area (TPSA) is 51.8 Å². The van der Waals surface area contributed by atoms with Crippen LogP contribution in [0.3, 0.4) is 0 Å². The van der Waals surface area contributed by atoms with Crippen LogP contribution < -0.4 is 5.73 Å². The smallest absolute Gasteiger partial charge is 0.132 e. The summed E-state index contributed by atoms with van der Waals surface area (Å²) in [5.74, 6) is 2.41. The summed E-state index contributed by atoms with van der Waals surface area (Å²) in [5.41, 5.74) is 7.08. The molecule has 3 nitrogen and oxygen atoms in total. The molecule has 0 saturated heterocycles. The highest BCUT2D eigenvalue weighted by Crippen LogP contribution is 2.37. The van der Waals surface area contributed by atoms with Gasteiger partial charge in [0.1, 0.15) is 16.7 Å². The number of hydrogen-bond donors (Lipinski definition) is 1. The molecule has 2 N–H and O–H groups in total. The second-order valence-corrected chi connectivity index (χ2v) is 7.01. The minimum absolute atomic E-state index is 0.657. The molecule has 2 rings (SSSR count). The lowest BCUT2D eigenvalue weighted by Gasteiger charge is -2.26. The number of hydrogen-bond acceptors (Lipinski definition) is 4. The first-order valence-electron chi connectivity index (χ1n) is 7.39. The average Bonchev–Trinajstić information content (AvgIpc) is 2.36. The van der Waals surface area contributed by atoms with Crippen molar-refractivity contribution in [3.63, 3.8) is 0 Å². The number of nitrogens with two attached hydrogens (primary N) is 1. The van der Waals surface area contributed by atoms with E-state index < -0.39 is 0 Å². The Bertz CT molecular complexity index is 434. The monoisotopic (exact) mass is 279 g/mol. The number of aryl methyl sites for hydroxylation is 1. The Morgan fingerprint density at radius 2 is 2.11 bits per heavy atom. The summed E-state index contributed by atoms with van der Waals surface area (Å²) in [6.07, 6.45) is 7.31. The maximum Gasteiger partial charge on any atom is 0.132 e. The van der Waals surface area contributed by atoms with Crippen molar-refractivity contribution >= 4 is 17.6 Å². The number of thioether (sulfide) groups is 1. The summed E-state index contributed by atoms with van der Waals surface area (Å²) >= 11 is 1.92. The van der Waals surface area contributed by atoms with E-state index in [1.54, 1.807) is 0 Å². The van der Waals surface area contributed by atoms with Crippen LogP contribution in [0, 0.1) is 12.8 Å². The zero-order valence-corrected chi connectivity index (χ0v) is 13.1. The van der Waals surface area contributed by atoms with Crippen molar-refractivity contribution in [3.05, 3.63) is 11.4 Å². The number of nitrogen functional groups attached to an aromatic ring is 1. The van der Waals surface area contributed by atoms with E-state index in [-0.39, 0.29) is 0 Å². The molecule has 0 radical (unpaired) electrons. The summed E-state index contributed by atoms with van der Waals surface area (Å²) in [5, 5.41) is 1.81. The molecule has 1 heterocycles. The van der Waals surface area contributed by atoms with E-state index in [0.717, 1.165) is 35.2 Å². The highest BCUT2D eigenvalue weighted by Gasteiger charge is 2.21. The fourth-order valence-electron chi connectivity index (χ4n) is 2.65. The van der Waals surface area contributed by atoms with Crippen LogP contribution in [-0.2, 0) is 6.42 Å². The van der Waals surface area contributed by atoms with Gasteiger partial charge in [-0.05, 0) is 32.1 Å². The van der Waals surface area contributed by atoms with Gasteiger partial charge in [-0.2, -0.15) is 0 Å². The van der Waals surface area contributed by atoms with Crippen LogP contribution in [0.5, 0.6) is 0 Å². The van der Waals surface area contributed by atoms with Crippen LogP contribution in [-0.4, -0.2) is 15.2 Å². The van der Waals surface area contributed by atoms with Gasteiger partial charge in [0.25, 0.3) is 0 Å². The summed E-state index contributed by atoms with van der Waals surface area (Å²) in [7, 11) is 0. The van der Waals surface area contributed by atoms with Gasteiger partial charge in [0.15, 0.2) is 0 Å². The summed E-state index contributed by atoms with van der Waals surface area (Å²) in [6, 6.07) is 0. The fourth-order valence-corrected chi connectivity index (χ4v) is 4.12. The largest absolute Gasteiger partial charge is 0.383 e. The maximum absolute atomic E-state index is 6.02. The molecule has 1 saturated carbocycles. The number of aromatic nitrogens is 2. The first-order valence-corrected chi connectivity index (χ1v) is 8.27. The Morgan fingerprint density at radius 3 is 2.79 bits per heavy atom. The van der Waals surface area contributed by atoms with E-state index in [2.05, 4.69) is 18.8 Å². The van der Waals surface area contributed by atoms with E-state index in [4.69, 9.17) is 10.7 Å². The highest BCUT2D eigenvalue weighted by atomic mass is 32.2. The normalized spacial score (nSPS) is 23.5. The molecule has 0 amide bonds. The molecule has 1 aromatic rings. The lowest BCUT2D eigenvalue weighted by atomic mass is 9.91.